The molecule has 70 valence electrons. The first-order chi connectivity index (χ1) is 5.37. The van der Waals surface area contributed by atoms with E-state index < -0.39 is 11.9 Å². The molecule has 0 aromatic rings. The lowest BCUT2D eigenvalue weighted by atomic mass is 10.1. The van der Waals surface area contributed by atoms with Gasteiger partial charge in [-0.1, -0.05) is 11.1 Å². The summed E-state index contributed by atoms with van der Waals surface area (Å²) in [5.41, 5.74) is -0.148. The third-order valence-electron chi connectivity index (χ3n) is 0.684. The number of carbonyl (C=O) groups excluding carboxylic acids is 1. The van der Waals surface area contributed by atoms with Crippen molar-refractivity contribution < 1.29 is 13.6 Å². The summed E-state index contributed by atoms with van der Waals surface area (Å²) in [6.45, 7) is 9.11. The summed E-state index contributed by atoms with van der Waals surface area (Å²) in [6, 6.07) is 0. The van der Waals surface area contributed by atoms with Gasteiger partial charge < -0.3 is 5.32 Å². The highest BCUT2D eigenvalue weighted by molar-refractivity contribution is 7.59. The Hall–Kier alpha value is -0.810. The van der Waals surface area contributed by atoms with Gasteiger partial charge in [-0.15, -0.1) is 0 Å². The zero-order valence-corrected chi connectivity index (χ0v) is 8.27. The Balaban J connectivity index is 0. The molecule has 1 amide bonds. The molecule has 0 atom stereocenters. The number of hydrogen-bond acceptors (Lipinski definition) is 2. The zero-order valence-electron chi connectivity index (χ0n) is 7.46. The highest BCUT2D eigenvalue weighted by Crippen LogP contribution is 1.97. The molecule has 2 N–H and O–H groups in total. The Labute approximate surface area is 76.4 Å². The van der Waals surface area contributed by atoms with Crippen molar-refractivity contribution in [3.8, 4) is 0 Å². The van der Waals surface area contributed by atoms with E-state index in [0.717, 1.165) is 0 Å². The van der Waals surface area contributed by atoms with Crippen LogP contribution < -0.4 is 5.32 Å². The summed E-state index contributed by atoms with van der Waals surface area (Å²) < 4.78 is 15.3. The van der Waals surface area contributed by atoms with Crippen molar-refractivity contribution in [3.05, 3.63) is 12.7 Å². The molecule has 4 nitrogen and oxygen atoms in total. The summed E-state index contributed by atoms with van der Waals surface area (Å²) in [7, 11) is 0. The second kappa shape index (κ2) is 6.87. The Bertz CT molecular complexity index is 163. The molecule has 0 saturated heterocycles. The maximum Gasteiger partial charge on any atom is 0.690 e. The standard InChI is InChI=1S/C7H13NO.O2S/c1-5-6(9)8-7(2,3)4;1-3-2/h5H,1H2,2-4H3,(H,8,9);/p+1. The second-order valence-electron chi connectivity index (χ2n) is 3.02. The fraction of sp³-hybridized carbons (Fsp3) is 0.571. The number of amides is 1. The number of nitrogens with one attached hydrogen (secondary N) is 1. The van der Waals surface area contributed by atoms with Crippen LogP contribution in [0.5, 0.6) is 0 Å². The number of carbonyl (C=O) groups is 1. The molecule has 0 aromatic carbocycles. The molecular formula is C7H14NO3S+. The van der Waals surface area contributed by atoms with E-state index in [0.29, 0.717) is 0 Å². The van der Waals surface area contributed by atoms with E-state index >= 15 is 0 Å². The third-order valence-corrected chi connectivity index (χ3v) is 0.684. The minimum absolute atomic E-state index is 0.123. The highest BCUT2D eigenvalue weighted by atomic mass is 32.2. The van der Waals surface area contributed by atoms with Gasteiger partial charge in [0.1, 0.15) is 0 Å². The third kappa shape index (κ3) is 16.1. The molecular weight excluding hydrogens is 178 g/mol. The molecule has 0 heterocycles. The van der Waals surface area contributed by atoms with Crippen molar-refractivity contribution in [1.82, 2.24) is 5.32 Å². The monoisotopic (exact) mass is 192 g/mol. The van der Waals surface area contributed by atoms with E-state index in [1.807, 2.05) is 20.8 Å². The van der Waals surface area contributed by atoms with Crippen molar-refractivity contribution in [2.75, 3.05) is 0 Å². The summed E-state index contributed by atoms with van der Waals surface area (Å²) >= 11 is -0.500. The normalized spacial score (nSPS) is 9.00. The molecule has 0 spiro atoms. The van der Waals surface area contributed by atoms with E-state index in [9.17, 15) is 4.79 Å². The highest BCUT2D eigenvalue weighted by Gasteiger charge is 2.10. The molecule has 0 bridgehead atoms. The van der Waals surface area contributed by atoms with Crippen LogP contribution >= 0.6 is 0 Å². The number of hydrogen-bond donors (Lipinski definition) is 2. The van der Waals surface area contributed by atoms with Crippen molar-refractivity contribution in [3.63, 3.8) is 0 Å². The van der Waals surface area contributed by atoms with Crippen LogP contribution in [-0.4, -0.2) is 16.0 Å². The molecule has 12 heavy (non-hydrogen) atoms. The molecule has 0 unspecified atom stereocenters. The maximum atomic E-state index is 10.6. The predicted octanol–water partition coefficient (Wildman–Crippen LogP) is 0.975. The van der Waals surface area contributed by atoms with Gasteiger partial charge in [0.25, 0.3) is 0 Å². The second-order valence-corrected chi connectivity index (χ2v) is 3.17. The topological polar surface area (TPSA) is 66.4 Å². The lowest BCUT2D eigenvalue weighted by Crippen LogP contribution is -2.39. The van der Waals surface area contributed by atoms with Crippen LogP contribution in [-0.2, 0) is 21.0 Å². The molecule has 0 aliphatic carbocycles. The van der Waals surface area contributed by atoms with Gasteiger partial charge in [-0.3, -0.25) is 4.79 Å². The molecule has 0 saturated carbocycles. The van der Waals surface area contributed by atoms with Gasteiger partial charge in [0.05, 0.1) is 4.21 Å². The average molecular weight is 192 g/mol. The molecule has 0 rings (SSSR count). The van der Waals surface area contributed by atoms with Crippen LogP contribution in [0.3, 0.4) is 0 Å². The Kier molecular flexibility index (Phi) is 7.88. The van der Waals surface area contributed by atoms with E-state index in [-0.39, 0.29) is 11.4 Å². The summed E-state index contributed by atoms with van der Waals surface area (Å²) in [5.74, 6) is -0.123. The van der Waals surface area contributed by atoms with Gasteiger partial charge in [-0.05, 0) is 26.8 Å². The quantitative estimate of drug-likeness (QED) is 0.369. The Morgan fingerprint density at radius 2 is 1.92 bits per heavy atom. The molecule has 0 radical (unpaired) electrons. The van der Waals surface area contributed by atoms with Crippen LogP contribution in [0, 0.1) is 0 Å². The molecule has 0 aliphatic heterocycles. The first kappa shape index (κ1) is 13.8. The number of rotatable bonds is 1. The lowest BCUT2D eigenvalue weighted by Gasteiger charge is -2.18. The molecule has 0 fully saturated rings. The van der Waals surface area contributed by atoms with Crippen molar-refractivity contribution in [2.45, 2.75) is 26.3 Å². The first-order valence-electron chi connectivity index (χ1n) is 3.25. The fourth-order valence-corrected chi connectivity index (χ4v) is 0.421. The van der Waals surface area contributed by atoms with Crippen LogP contribution in [0.1, 0.15) is 20.8 Å². The first-order valence-corrected chi connectivity index (χ1v) is 3.95. The zero-order chi connectivity index (χ0) is 10.2. The lowest BCUT2D eigenvalue weighted by molar-refractivity contribution is -0.117. The summed E-state index contributed by atoms with van der Waals surface area (Å²) in [4.78, 5) is 10.6. The maximum absolute atomic E-state index is 10.6. The van der Waals surface area contributed by atoms with Gasteiger partial charge in [0.15, 0.2) is 0 Å². The largest absolute Gasteiger partial charge is 0.690 e. The van der Waals surface area contributed by atoms with E-state index in [2.05, 4.69) is 11.9 Å². The van der Waals surface area contributed by atoms with Gasteiger partial charge >= 0.3 is 11.9 Å². The van der Waals surface area contributed by atoms with E-state index in [4.69, 9.17) is 8.76 Å². The van der Waals surface area contributed by atoms with Gasteiger partial charge in [0.2, 0.25) is 5.91 Å². The Morgan fingerprint density at radius 3 is 2.00 bits per heavy atom. The molecule has 0 aliphatic rings. The van der Waals surface area contributed by atoms with E-state index in [1.54, 1.807) is 0 Å². The molecule has 0 aromatic heterocycles. The minimum Gasteiger partial charge on any atom is -0.348 e. The van der Waals surface area contributed by atoms with Gasteiger partial charge in [-0.25, -0.2) is 0 Å². The average Bonchev–Trinajstić information content (AvgIpc) is 1.86. The van der Waals surface area contributed by atoms with Gasteiger partial charge in [-0.2, -0.15) is 0 Å². The Morgan fingerprint density at radius 1 is 1.58 bits per heavy atom. The van der Waals surface area contributed by atoms with Gasteiger partial charge in [0, 0.05) is 5.54 Å². The minimum atomic E-state index is -0.500. The van der Waals surface area contributed by atoms with Crippen molar-refractivity contribution in [1.29, 1.82) is 0 Å². The molecule has 5 heteroatoms. The smallest absolute Gasteiger partial charge is 0.348 e. The summed E-state index contributed by atoms with van der Waals surface area (Å²) in [6.07, 6.45) is 1.27. The van der Waals surface area contributed by atoms with Crippen LogP contribution in [0.25, 0.3) is 0 Å². The van der Waals surface area contributed by atoms with Crippen molar-refractivity contribution >= 4 is 17.9 Å². The van der Waals surface area contributed by atoms with E-state index in [1.165, 1.54) is 6.08 Å². The van der Waals surface area contributed by atoms with Crippen LogP contribution in [0.15, 0.2) is 12.7 Å². The predicted molar refractivity (Wildman–Crippen MR) is 48.8 cm³/mol. The van der Waals surface area contributed by atoms with Crippen molar-refractivity contribution in [2.24, 2.45) is 0 Å². The van der Waals surface area contributed by atoms with Crippen LogP contribution in [0.2, 0.25) is 0 Å². The SMILES string of the molecule is C=CC(=O)NC(C)(C)C.O=[S+]O. The van der Waals surface area contributed by atoms with Crippen LogP contribution in [0.4, 0.5) is 0 Å². The summed E-state index contributed by atoms with van der Waals surface area (Å²) in [5, 5.41) is 2.71. The fourth-order valence-electron chi connectivity index (χ4n) is 0.421.